The van der Waals surface area contributed by atoms with Gasteiger partial charge in [0, 0.05) is 46.2 Å². The van der Waals surface area contributed by atoms with Gasteiger partial charge in [-0.05, 0) is 37.1 Å². The Morgan fingerprint density at radius 2 is 0.906 bits per heavy atom. The molecule has 0 saturated carbocycles. The molecule has 5 rings (SSSR count). The van der Waals surface area contributed by atoms with Crippen LogP contribution >= 0.6 is 0 Å². The van der Waals surface area contributed by atoms with Crippen molar-refractivity contribution in [3.63, 3.8) is 0 Å². The van der Waals surface area contributed by atoms with Crippen molar-refractivity contribution in [1.29, 1.82) is 0 Å². The zero-order valence-corrected chi connectivity index (χ0v) is 16.9. The molecule has 32 heavy (non-hydrogen) atoms. The summed E-state index contributed by atoms with van der Waals surface area (Å²) in [6, 6.07) is 6.41. The van der Waals surface area contributed by atoms with Crippen molar-refractivity contribution in [1.82, 2.24) is 0 Å². The molecule has 4 bridgehead atoms. The normalized spacial score (nSPS) is 26.8. The number of carbonyl (C=O) groups is 4. The molecule has 162 valence electrons. The van der Waals surface area contributed by atoms with Crippen LogP contribution in [0.15, 0.2) is 70.9 Å². The molecule has 8 heteroatoms. The van der Waals surface area contributed by atoms with Crippen molar-refractivity contribution in [2.24, 2.45) is 23.7 Å². The molecule has 0 fully saturated rings. The summed E-state index contributed by atoms with van der Waals surface area (Å²) in [6.07, 6.45) is 8.63. The lowest BCUT2D eigenvalue weighted by molar-refractivity contribution is -0.134. The Kier molecular flexibility index (Phi) is 4.58. The quantitative estimate of drug-likeness (QED) is 0.511. The van der Waals surface area contributed by atoms with E-state index in [4.69, 9.17) is 0 Å². The Morgan fingerprint density at radius 3 is 1.22 bits per heavy atom. The topological polar surface area (TPSA) is 133 Å². The minimum Gasteiger partial charge on any atom is -0.478 e. The number of rotatable bonds is 6. The number of nitrogens with one attached hydrogen (secondary N) is 2. The summed E-state index contributed by atoms with van der Waals surface area (Å²) < 4.78 is 0. The van der Waals surface area contributed by atoms with E-state index >= 15 is 0 Å². The lowest BCUT2D eigenvalue weighted by Gasteiger charge is -2.15. The summed E-state index contributed by atoms with van der Waals surface area (Å²) in [5.74, 6) is -3.84. The summed E-state index contributed by atoms with van der Waals surface area (Å²) in [7, 11) is 0. The molecule has 1 aromatic carbocycles. The van der Waals surface area contributed by atoms with Gasteiger partial charge in [0.25, 0.3) is 11.8 Å². The second-order valence-corrected chi connectivity index (χ2v) is 8.42. The van der Waals surface area contributed by atoms with Crippen molar-refractivity contribution in [2.45, 2.75) is 12.8 Å². The second kappa shape index (κ2) is 7.33. The van der Waals surface area contributed by atoms with E-state index in [1.54, 1.807) is 24.3 Å². The fraction of sp³-hybridized carbons (Fsp3) is 0.250. The monoisotopic (exact) mass is 432 g/mol. The third kappa shape index (κ3) is 3.15. The van der Waals surface area contributed by atoms with Crippen molar-refractivity contribution in [2.75, 3.05) is 10.6 Å². The van der Waals surface area contributed by atoms with Crippen LogP contribution in [0.3, 0.4) is 0 Å². The highest BCUT2D eigenvalue weighted by atomic mass is 16.4. The van der Waals surface area contributed by atoms with E-state index in [1.807, 2.05) is 24.3 Å². The smallest absolute Gasteiger partial charge is 0.332 e. The van der Waals surface area contributed by atoms with E-state index in [1.165, 1.54) is 0 Å². The fourth-order valence-electron chi connectivity index (χ4n) is 5.22. The predicted molar refractivity (Wildman–Crippen MR) is 114 cm³/mol. The average molecular weight is 432 g/mol. The standard InChI is InChI=1S/C24H20N2O6/c27-21(17-11-1-3-13(9-11)19(17)23(29)30)25-15-5-7-16(8-6-15)26-22(28)18-12-2-4-14(10-12)20(18)24(31)32/h1-8,11-14H,9-10H2,(H,25,27)(H,26,28)(H,29,30)(H,31,32)/t11-,12+,13-,14-/m0/s1. The first-order valence-corrected chi connectivity index (χ1v) is 10.4. The number of anilines is 2. The van der Waals surface area contributed by atoms with Crippen LogP contribution in [0.25, 0.3) is 0 Å². The summed E-state index contributed by atoms with van der Waals surface area (Å²) in [4.78, 5) is 48.6. The molecular formula is C24H20N2O6. The first-order chi connectivity index (χ1) is 15.3. The number of carbonyl (C=O) groups excluding carboxylic acids is 2. The predicted octanol–water partition coefficient (Wildman–Crippen LogP) is 2.74. The van der Waals surface area contributed by atoms with Gasteiger partial charge in [-0.3, -0.25) is 9.59 Å². The van der Waals surface area contributed by atoms with Crippen LogP contribution in [-0.2, 0) is 19.2 Å². The Labute approximate surface area is 183 Å². The van der Waals surface area contributed by atoms with Crippen LogP contribution in [0.4, 0.5) is 11.4 Å². The number of hydrogen-bond acceptors (Lipinski definition) is 4. The highest BCUT2D eigenvalue weighted by molar-refractivity contribution is 6.12. The zero-order chi connectivity index (χ0) is 22.6. The van der Waals surface area contributed by atoms with Crippen LogP contribution in [0.2, 0.25) is 0 Å². The minimum atomic E-state index is -1.07. The van der Waals surface area contributed by atoms with E-state index < -0.39 is 23.8 Å². The van der Waals surface area contributed by atoms with Gasteiger partial charge < -0.3 is 20.8 Å². The van der Waals surface area contributed by atoms with Crippen molar-refractivity contribution in [3.8, 4) is 0 Å². The molecule has 0 heterocycles. The molecule has 0 aliphatic heterocycles. The Hall–Kier alpha value is -3.94. The highest BCUT2D eigenvalue weighted by Gasteiger charge is 2.42. The van der Waals surface area contributed by atoms with Crippen molar-refractivity contribution < 1.29 is 29.4 Å². The number of allylic oxidation sites excluding steroid dienone is 4. The van der Waals surface area contributed by atoms with E-state index in [9.17, 15) is 29.4 Å². The number of aliphatic carboxylic acids is 2. The molecule has 4 aliphatic carbocycles. The van der Waals surface area contributed by atoms with Gasteiger partial charge >= 0.3 is 11.9 Å². The van der Waals surface area contributed by atoms with Crippen LogP contribution in [0.1, 0.15) is 12.8 Å². The number of amides is 2. The van der Waals surface area contributed by atoms with E-state index in [0.717, 1.165) is 0 Å². The summed E-state index contributed by atoms with van der Waals surface area (Å²) in [5, 5.41) is 24.4. The lowest BCUT2D eigenvalue weighted by atomic mass is 9.96. The first-order valence-electron chi connectivity index (χ1n) is 10.4. The molecule has 0 spiro atoms. The van der Waals surface area contributed by atoms with Gasteiger partial charge in [0.05, 0.1) is 11.1 Å². The molecular weight excluding hydrogens is 412 g/mol. The van der Waals surface area contributed by atoms with Gasteiger partial charge in [0.1, 0.15) is 0 Å². The maximum atomic E-state index is 12.7. The summed E-state index contributed by atoms with van der Waals surface area (Å²) >= 11 is 0. The number of benzene rings is 1. The molecule has 2 amide bonds. The van der Waals surface area contributed by atoms with Crippen molar-refractivity contribution in [3.05, 3.63) is 70.9 Å². The number of fused-ring (bicyclic) bond motifs is 4. The summed E-state index contributed by atoms with van der Waals surface area (Å²) in [5.41, 5.74) is 1.82. The molecule has 0 saturated heterocycles. The maximum Gasteiger partial charge on any atom is 0.332 e. The average Bonchev–Trinajstić information content (AvgIpc) is 3.54. The highest BCUT2D eigenvalue weighted by Crippen LogP contribution is 2.45. The third-order valence-corrected chi connectivity index (χ3v) is 6.58. The number of carboxylic acid groups (broad SMARTS) is 2. The largest absolute Gasteiger partial charge is 0.478 e. The van der Waals surface area contributed by atoms with Crippen LogP contribution in [0.5, 0.6) is 0 Å². The third-order valence-electron chi connectivity index (χ3n) is 6.58. The number of carboxylic acids is 2. The van der Waals surface area contributed by atoms with Gasteiger partial charge in [-0.1, -0.05) is 24.3 Å². The molecule has 0 aromatic heterocycles. The Bertz CT molecular complexity index is 1090. The van der Waals surface area contributed by atoms with E-state index in [2.05, 4.69) is 10.6 Å². The SMILES string of the molecule is O=C(O)C1=C(C(=O)Nc2ccc(NC(=O)C3=C(C(=O)O)[C@H]4C=C[C@H]3C4)cc2)[C@@H]2C=C[C@H]1C2. The molecule has 4 aliphatic rings. The van der Waals surface area contributed by atoms with Gasteiger partial charge in [-0.25, -0.2) is 9.59 Å². The first kappa shape index (κ1) is 20.0. The summed E-state index contributed by atoms with van der Waals surface area (Å²) in [6.45, 7) is 0. The lowest BCUT2D eigenvalue weighted by Crippen LogP contribution is -2.22. The van der Waals surface area contributed by atoms with Crippen LogP contribution in [-0.4, -0.2) is 34.0 Å². The van der Waals surface area contributed by atoms with Gasteiger partial charge in [0.2, 0.25) is 0 Å². The zero-order valence-electron chi connectivity index (χ0n) is 16.9. The fourth-order valence-corrected chi connectivity index (χ4v) is 5.22. The van der Waals surface area contributed by atoms with Crippen LogP contribution in [0, 0.1) is 23.7 Å². The van der Waals surface area contributed by atoms with Gasteiger partial charge in [0.15, 0.2) is 0 Å². The number of hydrogen-bond donors (Lipinski definition) is 4. The Morgan fingerprint density at radius 1 is 0.594 bits per heavy atom. The molecule has 4 atom stereocenters. The van der Waals surface area contributed by atoms with Crippen LogP contribution < -0.4 is 10.6 Å². The molecule has 0 radical (unpaired) electrons. The van der Waals surface area contributed by atoms with E-state index in [0.29, 0.717) is 35.4 Å². The van der Waals surface area contributed by atoms with Gasteiger partial charge in [-0.2, -0.15) is 0 Å². The molecule has 0 unspecified atom stereocenters. The second-order valence-electron chi connectivity index (χ2n) is 8.42. The maximum absolute atomic E-state index is 12.7. The molecule has 1 aromatic rings. The minimum absolute atomic E-state index is 0.154. The Balaban J connectivity index is 1.28. The van der Waals surface area contributed by atoms with Gasteiger partial charge in [-0.15, -0.1) is 0 Å². The molecule has 4 N–H and O–H groups in total. The van der Waals surface area contributed by atoms with E-state index in [-0.39, 0.29) is 34.8 Å². The van der Waals surface area contributed by atoms with Crippen molar-refractivity contribution >= 4 is 35.1 Å². The molecule has 8 nitrogen and oxygen atoms in total.